The summed E-state index contributed by atoms with van der Waals surface area (Å²) in [5, 5.41) is 6.15. The van der Waals surface area contributed by atoms with Crippen LogP contribution in [0.5, 0.6) is 0 Å². The van der Waals surface area contributed by atoms with E-state index in [1.807, 2.05) is 42.5 Å². The lowest BCUT2D eigenvalue weighted by Gasteiger charge is -2.12. The molecule has 4 aromatic rings. The average molecular weight is 606 g/mol. The minimum absolute atomic E-state index is 0.000492. The lowest BCUT2D eigenvalue weighted by molar-refractivity contribution is -0.113. The van der Waals surface area contributed by atoms with Gasteiger partial charge in [0.05, 0.1) is 5.75 Å². The first-order valence-electron chi connectivity index (χ1n) is 11.5. The van der Waals surface area contributed by atoms with Crippen LogP contribution < -0.4 is 10.6 Å². The van der Waals surface area contributed by atoms with Gasteiger partial charge in [-0.3, -0.25) is 14.4 Å². The van der Waals surface area contributed by atoms with E-state index >= 15 is 0 Å². The van der Waals surface area contributed by atoms with E-state index in [1.165, 1.54) is 11.8 Å². The highest BCUT2D eigenvalue weighted by atomic mass is 79.9. The predicted octanol–water partition coefficient (Wildman–Crippen LogP) is 7.49. The van der Waals surface area contributed by atoms with Gasteiger partial charge in [-0.25, -0.2) is 0 Å². The summed E-state index contributed by atoms with van der Waals surface area (Å²) in [6.45, 7) is 0. The molecule has 0 saturated heterocycles. The Kier molecular flexibility index (Phi) is 9.54. The minimum Gasteiger partial charge on any atom is -0.321 e. The van der Waals surface area contributed by atoms with Gasteiger partial charge in [0.25, 0.3) is 11.8 Å². The number of hydrogen-bond donors (Lipinski definition) is 2. The molecule has 0 aliphatic heterocycles. The van der Waals surface area contributed by atoms with Gasteiger partial charge in [0.1, 0.15) is 5.70 Å². The Morgan fingerprint density at radius 3 is 2.21 bits per heavy atom. The van der Waals surface area contributed by atoms with Crippen LogP contribution in [0.3, 0.4) is 0 Å². The fourth-order valence-electron chi connectivity index (χ4n) is 3.41. The van der Waals surface area contributed by atoms with Crippen molar-refractivity contribution < 1.29 is 14.4 Å². The molecule has 0 atom stereocenters. The van der Waals surface area contributed by atoms with Gasteiger partial charge in [-0.05, 0) is 84.4 Å². The molecule has 38 heavy (non-hydrogen) atoms. The van der Waals surface area contributed by atoms with E-state index in [0.717, 1.165) is 14.9 Å². The summed E-state index contributed by atoms with van der Waals surface area (Å²) in [7, 11) is 0. The van der Waals surface area contributed by atoms with Gasteiger partial charge in [-0.15, -0.1) is 11.8 Å². The monoisotopic (exact) mass is 604 g/mol. The molecule has 0 unspecified atom stereocenters. The Morgan fingerprint density at radius 2 is 1.53 bits per heavy atom. The summed E-state index contributed by atoms with van der Waals surface area (Å²) in [5.74, 6) is -0.578. The van der Waals surface area contributed by atoms with Gasteiger partial charge in [0.15, 0.2) is 5.78 Å². The largest absolute Gasteiger partial charge is 0.321 e. The maximum atomic E-state index is 13.2. The second-order valence-electron chi connectivity index (χ2n) is 8.13. The number of Topliss-reactive ketones (excluding diaryl/α,β-unsaturated/α-hetero) is 1. The van der Waals surface area contributed by atoms with Gasteiger partial charge in [0.2, 0.25) is 0 Å². The van der Waals surface area contributed by atoms with Crippen LogP contribution in [0, 0.1) is 0 Å². The lowest BCUT2D eigenvalue weighted by Crippen LogP contribution is -2.30. The Labute approximate surface area is 238 Å². The van der Waals surface area contributed by atoms with Gasteiger partial charge >= 0.3 is 0 Å². The van der Waals surface area contributed by atoms with Crippen molar-refractivity contribution in [2.45, 2.75) is 4.90 Å². The predicted molar refractivity (Wildman–Crippen MR) is 158 cm³/mol. The molecule has 2 amide bonds. The highest BCUT2D eigenvalue weighted by Gasteiger charge is 2.15. The molecule has 0 aliphatic rings. The number of rotatable bonds is 9. The zero-order valence-electron chi connectivity index (χ0n) is 20.0. The van der Waals surface area contributed by atoms with Crippen molar-refractivity contribution in [2.75, 3.05) is 11.1 Å². The van der Waals surface area contributed by atoms with Crippen molar-refractivity contribution in [3.8, 4) is 0 Å². The number of carbonyl (C=O) groups is 3. The molecule has 8 heteroatoms. The molecule has 0 aromatic heterocycles. The molecule has 2 N–H and O–H groups in total. The first-order valence-corrected chi connectivity index (χ1v) is 13.7. The second-order valence-corrected chi connectivity index (χ2v) is 10.5. The molecule has 0 aliphatic carbocycles. The normalized spacial score (nSPS) is 11.1. The summed E-state index contributed by atoms with van der Waals surface area (Å²) < 4.78 is 0.850. The first kappa shape index (κ1) is 27.4. The van der Waals surface area contributed by atoms with E-state index in [9.17, 15) is 14.4 Å². The number of benzene rings is 4. The van der Waals surface area contributed by atoms with Crippen LogP contribution in [-0.4, -0.2) is 23.4 Å². The molecule has 0 heterocycles. The van der Waals surface area contributed by atoms with E-state index in [1.54, 1.807) is 66.7 Å². The molecule has 0 spiro atoms. The van der Waals surface area contributed by atoms with Crippen molar-refractivity contribution in [1.82, 2.24) is 5.32 Å². The number of ketones is 1. The molecule has 0 radical (unpaired) electrons. The quantitative estimate of drug-likeness (QED) is 0.118. The van der Waals surface area contributed by atoms with E-state index in [-0.39, 0.29) is 23.1 Å². The van der Waals surface area contributed by atoms with Crippen LogP contribution in [0.2, 0.25) is 5.02 Å². The number of thioether (sulfide) groups is 1. The summed E-state index contributed by atoms with van der Waals surface area (Å²) >= 11 is 10.7. The van der Waals surface area contributed by atoms with Gasteiger partial charge in [-0.1, -0.05) is 57.9 Å². The Morgan fingerprint density at radius 1 is 0.816 bits per heavy atom. The van der Waals surface area contributed by atoms with E-state index < -0.39 is 5.91 Å². The zero-order chi connectivity index (χ0) is 26.9. The zero-order valence-corrected chi connectivity index (χ0v) is 23.1. The van der Waals surface area contributed by atoms with Crippen LogP contribution in [0.4, 0.5) is 5.69 Å². The molecule has 4 rings (SSSR count). The van der Waals surface area contributed by atoms with Crippen LogP contribution in [0.1, 0.15) is 26.3 Å². The van der Waals surface area contributed by atoms with Crippen molar-refractivity contribution in [3.63, 3.8) is 0 Å². The van der Waals surface area contributed by atoms with Crippen molar-refractivity contribution >= 4 is 68.7 Å². The van der Waals surface area contributed by atoms with Crippen LogP contribution in [-0.2, 0) is 4.79 Å². The highest BCUT2D eigenvalue weighted by molar-refractivity contribution is 9.10. The molecule has 0 saturated carbocycles. The molecule has 0 bridgehead atoms. The highest BCUT2D eigenvalue weighted by Crippen LogP contribution is 2.23. The second kappa shape index (κ2) is 13.2. The molecular weight excluding hydrogens is 584 g/mol. The Hall–Kier alpha value is -3.65. The van der Waals surface area contributed by atoms with Crippen molar-refractivity contribution in [3.05, 3.63) is 135 Å². The summed E-state index contributed by atoms with van der Waals surface area (Å²) in [6.07, 6.45) is 1.62. The summed E-state index contributed by atoms with van der Waals surface area (Å²) in [5.41, 5.74) is 2.44. The topological polar surface area (TPSA) is 75.3 Å². The maximum absolute atomic E-state index is 13.2. The number of halogens is 2. The van der Waals surface area contributed by atoms with Gasteiger partial charge in [-0.2, -0.15) is 0 Å². The van der Waals surface area contributed by atoms with E-state index in [4.69, 9.17) is 11.6 Å². The number of nitrogens with one attached hydrogen (secondary N) is 2. The number of hydrogen-bond acceptors (Lipinski definition) is 4. The number of carbonyl (C=O) groups excluding carboxylic acids is 3. The first-order chi connectivity index (χ1) is 18.4. The third-order valence-electron chi connectivity index (χ3n) is 5.34. The molecule has 190 valence electrons. The third kappa shape index (κ3) is 7.92. The Bertz CT molecular complexity index is 1470. The SMILES string of the molecule is O=C(Nc1ccc(SCC(=O)c2ccc(Cl)cc2)cc1)/C(=C/c1cccc(Br)c1)NC(=O)c1ccccc1. The fourth-order valence-corrected chi connectivity index (χ4v) is 4.74. The maximum Gasteiger partial charge on any atom is 0.272 e. The fraction of sp³-hybridized carbons (Fsp3) is 0.0333. The average Bonchev–Trinajstić information content (AvgIpc) is 2.93. The van der Waals surface area contributed by atoms with E-state index in [2.05, 4.69) is 26.6 Å². The molecule has 4 aromatic carbocycles. The van der Waals surface area contributed by atoms with Crippen molar-refractivity contribution in [1.29, 1.82) is 0 Å². The lowest BCUT2D eigenvalue weighted by atomic mass is 10.1. The van der Waals surface area contributed by atoms with Crippen LogP contribution in [0.25, 0.3) is 6.08 Å². The number of anilines is 1. The minimum atomic E-state index is -0.465. The standard InChI is InChI=1S/C30H22BrClN2O3S/c31-23-8-4-5-20(17-23)18-27(34-29(36)22-6-2-1-3-7-22)30(37)33-25-13-15-26(16-14-25)38-19-28(35)21-9-11-24(32)12-10-21/h1-18H,19H2,(H,33,37)(H,34,36)/b27-18-. The summed E-state index contributed by atoms with van der Waals surface area (Å²) in [4.78, 5) is 39.3. The van der Waals surface area contributed by atoms with Gasteiger partial charge < -0.3 is 10.6 Å². The van der Waals surface area contributed by atoms with Crippen LogP contribution >= 0.6 is 39.3 Å². The molecule has 0 fully saturated rings. The van der Waals surface area contributed by atoms with Crippen molar-refractivity contribution in [2.24, 2.45) is 0 Å². The molecular formula is C30H22BrClN2O3S. The van der Waals surface area contributed by atoms with Crippen LogP contribution in [0.15, 0.2) is 118 Å². The molecule has 5 nitrogen and oxygen atoms in total. The third-order valence-corrected chi connectivity index (χ3v) is 7.09. The number of amides is 2. The van der Waals surface area contributed by atoms with E-state index in [0.29, 0.717) is 21.8 Å². The smallest absolute Gasteiger partial charge is 0.272 e. The Balaban J connectivity index is 1.44. The van der Waals surface area contributed by atoms with Gasteiger partial charge in [0, 0.05) is 31.2 Å². The summed E-state index contributed by atoms with van der Waals surface area (Å²) in [6, 6.07) is 30.1.